The number of unbranched alkanes of at least 4 members (excludes halogenated alkanes) is 6. The van der Waals surface area contributed by atoms with Crippen molar-refractivity contribution in [2.75, 3.05) is 6.61 Å². The summed E-state index contributed by atoms with van der Waals surface area (Å²) < 4.78 is 0. The van der Waals surface area contributed by atoms with Crippen LogP contribution in [0.4, 0.5) is 0 Å². The second kappa shape index (κ2) is 12.8. The van der Waals surface area contributed by atoms with E-state index in [1.165, 1.54) is 50.5 Å². The SMILES string of the molecule is CCCCCC(O)c1ccc(C2CCC(Cl)C2CCCCCCCO)cc1. The molecule has 4 atom stereocenters. The molecule has 1 saturated carbocycles. The molecule has 154 valence electrons. The zero-order valence-corrected chi connectivity index (χ0v) is 17.8. The van der Waals surface area contributed by atoms with Crippen molar-refractivity contribution in [1.82, 2.24) is 0 Å². The highest BCUT2D eigenvalue weighted by molar-refractivity contribution is 6.21. The summed E-state index contributed by atoms with van der Waals surface area (Å²) in [5.41, 5.74) is 2.45. The van der Waals surface area contributed by atoms with Gasteiger partial charge in [-0.3, -0.25) is 0 Å². The second-order valence-corrected chi connectivity index (χ2v) is 8.88. The van der Waals surface area contributed by atoms with Gasteiger partial charge in [-0.25, -0.2) is 0 Å². The van der Waals surface area contributed by atoms with Crippen LogP contribution in [0, 0.1) is 5.92 Å². The fourth-order valence-corrected chi connectivity index (χ4v) is 4.98. The first-order chi connectivity index (χ1) is 13.2. The van der Waals surface area contributed by atoms with E-state index in [9.17, 15) is 5.11 Å². The fourth-order valence-electron chi connectivity index (χ4n) is 4.56. The Morgan fingerprint density at radius 3 is 2.37 bits per heavy atom. The zero-order chi connectivity index (χ0) is 19.5. The maximum Gasteiger partial charge on any atom is 0.0790 e. The van der Waals surface area contributed by atoms with Gasteiger partial charge in [0.2, 0.25) is 0 Å². The predicted octanol–water partition coefficient (Wildman–Crippen LogP) is 6.73. The van der Waals surface area contributed by atoms with Crippen LogP contribution in [0.2, 0.25) is 0 Å². The van der Waals surface area contributed by atoms with Gasteiger partial charge in [0.05, 0.1) is 6.10 Å². The molecule has 0 heterocycles. The molecule has 4 unspecified atom stereocenters. The average Bonchev–Trinajstić information content (AvgIpc) is 3.05. The Kier molecular flexibility index (Phi) is 10.8. The quantitative estimate of drug-likeness (QED) is 0.287. The molecule has 0 aromatic heterocycles. The highest BCUT2D eigenvalue weighted by atomic mass is 35.5. The Hall–Kier alpha value is -0.570. The summed E-state index contributed by atoms with van der Waals surface area (Å²) in [6.07, 6.45) is 13.3. The first-order valence-electron chi connectivity index (χ1n) is 11.2. The van der Waals surface area contributed by atoms with Crippen molar-refractivity contribution in [2.24, 2.45) is 5.92 Å². The maximum absolute atomic E-state index is 10.4. The number of halogens is 1. The van der Waals surface area contributed by atoms with E-state index >= 15 is 0 Å². The summed E-state index contributed by atoms with van der Waals surface area (Å²) in [7, 11) is 0. The van der Waals surface area contributed by atoms with Crippen LogP contribution in [0.3, 0.4) is 0 Å². The van der Waals surface area contributed by atoms with Gasteiger partial charge in [-0.15, -0.1) is 11.6 Å². The summed E-state index contributed by atoms with van der Waals surface area (Å²) in [6.45, 7) is 2.51. The van der Waals surface area contributed by atoms with E-state index in [-0.39, 0.29) is 6.10 Å². The highest BCUT2D eigenvalue weighted by Gasteiger charge is 2.35. The lowest BCUT2D eigenvalue weighted by Crippen LogP contribution is -2.14. The van der Waals surface area contributed by atoms with Crippen molar-refractivity contribution < 1.29 is 10.2 Å². The van der Waals surface area contributed by atoms with Gasteiger partial charge in [0.1, 0.15) is 0 Å². The lowest BCUT2D eigenvalue weighted by atomic mass is 9.84. The average molecular weight is 395 g/mol. The molecule has 0 radical (unpaired) electrons. The third kappa shape index (κ3) is 7.40. The lowest BCUT2D eigenvalue weighted by molar-refractivity contribution is 0.163. The van der Waals surface area contributed by atoms with Crippen molar-refractivity contribution in [3.63, 3.8) is 0 Å². The van der Waals surface area contributed by atoms with Crippen molar-refractivity contribution in [2.45, 2.75) is 101 Å². The van der Waals surface area contributed by atoms with E-state index in [1.807, 2.05) is 0 Å². The van der Waals surface area contributed by atoms with Crippen LogP contribution in [0.15, 0.2) is 24.3 Å². The summed E-state index contributed by atoms with van der Waals surface area (Å²) in [5, 5.41) is 19.5. The standard InChI is InChI=1S/C24H39ClO2/c1-2-3-7-11-24(27)20-14-12-19(13-15-20)21-16-17-23(25)22(21)10-8-5-4-6-9-18-26/h12-15,21-24,26-27H,2-11,16-18H2,1H3. The monoisotopic (exact) mass is 394 g/mol. The largest absolute Gasteiger partial charge is 0.396 e. The Morgan fingerprint density at radius 2 is 1.67 bits per heavy atom. The van der Waals surface area contributed by atoms with Crippen LogP contribution >= 0.6 is 11.6 Å². The number of aliphatic hydroxyl groups excluding tert-OH is 2. The Labute approximate surface area is 171 Å². The molecule has 0 amide bonds. The molecule has 0 saturated heterocycles. The van der Waals surface area contributed by atoms with Gasteiger partial charge >= 0.3 is 0 Å². The van der Waals surface area contributed by atoms with Gasteiger partial charge < -0.3 is 10.2 Å². The van der Waals surface area contributed by atoms with E-state index in [2.05, 4.69) is 31.2 Å². The molecular formula is C24H39ClO2. The van der Waals surface area contributed by atoms with E-state index in [0.717, 1.165) is 37.7 Å². The molecule has 1 aromatic rings. The molecule has 0 bridgehead atoms. The maximum atomic E-state index is 10.4. The molecule has 0 spiro atoms. The first-order valence-corrected chi connectivity index (χ1v) is 11.6. The highest BCUT2D eigenvalue weighted by Crippen LogP contribution is 2.45. The summed E-state index contributed by atoms with van der Waals surface area (Å²) in [4.78, 5) is 0. The van der Waals surface area contributed by atoms with Crippen LogP contribution < -0.4 is 0 Å². The molecule has 2 rings (SSSR count). The molecule has 2 N–H and O–H groups in total. The predicted molar refractivity (Wildman–Crippen MR) is 115 cm³/mol. The normalized spacial score (nSPS) is 23.6. The second-order valence-electron chi connectivity index (χ2n) is 8.32. The molecule has 27 heavy (non-hydrogen) atoms. The molecule has 1 fully saturated rings. The summed E-state index contributed by atoms with van der Waals surface area (Å²) in [6, 6.07) is 8.71. The van der Waals surface area contributed by atoms with Crippen molar-refractivity contribution >= 4 is 11.6 Å². The van der Waals surface area contributed by atoms with E-state index in [1.54, 1.807) is 0 Å². The Balaban J connectivity index is 1.85. The third-order valence-corrected chi connectivity index (χ3v) is 6.80. The summed E-state index contributed by atoms with van der Waals surface area (Å²) >= 11 is 6.66. The summed E-state index contributed by atoms with van der Waals surface area (Å²) in [5.74, 6) is 1.14. The topological polar surface area (TPSA) is 40.5 Å². The molecule has 0 aliphatic heterocycles. The van der Waals surface area contributed by atoms with E-state index in [0.29, 0.717) is 23.8 Å². The molecule has 1 aliphatic carbocycles. The number of rotatable bonds is 13. The van der Waals surface area contributed by atoms with Gasteiger partial charge in [0, 0.05) is 12.0 Å². The molecular weight excluding hydrogens is 356 g/mol. The fraction of sp³-hybridized carbons (Fsp3) is 0.750. The molecule has 3 heteroatoms. The van der Waals surface area contributed by atoms with E-state index in [4.69, 9.17) is 16.7 Å². The zero-order valence-electron chi connectivity index (χ0n) is 17.1. The van der Waals surface area contributed by atoms with Crippen LogP contribution in [0.5, 0.6) is 0 Å². The van der Waals surface area contributed by atoms with Crippen LogP contribution in [-0.4, -0.2) is 22.2 Å². The van der Waals surface area contributed by atoms with Crippen molar-refractivity contribution in [1.29, 1.82) is 0 Å². The minimum absolute atomic E-state index is 0.298. The Morgan fingerprint density at radius 1 is 0.963 bits per heavy atom. The van der Waals surface area contributed by atoms with Gasteiger partial charge in [-0.05, 0) is 55.1 Å². The van der Waals surface area contributed by atoms with E-state index < -0.39 is 0 Å². The smallest absolute Gasteiger partial charge is 0.0790 e. The number of benzene rings is 1. The molecule has 2 nitrogen and oxygen atoms in total. The van der Waals surface area contributed by atoms with Gasteiger partial charge in [-0.1, -0.05) is 76.1 Å². The minimum Gasteiger partial charge on any atom is -0.396 e. The molecule has 1 aliphatic rings. The minimum atomic E-state index is -0.329. The van der Waals surface area contributed by atoms with Gasteiger partial charge in [-0.2, -0.15) is 0 Å². The van der Waals surface area contributed by atoms with Gasteiger partial charge in [0.15, 0.2) is 0 Å². The number of aliphatic hydroxyl groups is 2. The Bertz CT molecular complexity index is 502. The lowest BCUT2D eigenvalue weighted by Gasteiger charge is -2.23. The molecule has 1 aromatic carbocycles. The first kappa shape index (κ1) is 22.7. The number of hydrogen-bond acceptors (Lipinski definition) is 2. The van der Waals surface area contributed by atoms with Crippen LogP contribution in [0.25, 0.3) is 0 Å². The van der Waals surface area contributed by atoms with Crippen molar-refractivity contribution in [3.05, 3.63) is 35.4 Å². The third-order valence-electron chi connectivity index (χ3n) is 6.26. The number of alkyl halides is 1. The van der Waals surface area contributed by atoms with Crippen LogP contribution in [-0.2, 0) is 0 Å². The van der Waals surface area contributed by atoms with Crippen LogP contribution in [0.1, 0.15) is 107 Å². The number of hydrogen-bond donors (Lipinski definition) is 2. The van der Waals surface area contributed by atoms with Gasteiger partial charge in [0.25, 0.3) is 0 Å². The van der Waals surface area contributed by atoms with Crippen molar-refractivity contribution in [3.8, 4) is 0 Å².